The second kappa shape index (κ2) is 6.92. The second-order valence-electron chi connectivity index (χ2n) is 5.80. The van der Waals surface area contributed by atoms with Crippen LogP contribution in [0.3, 0.4) is 0 Å². The van der Waals surface area contributed by atoms with Crippen LogP contribution in [0.25, 0.3) is 0 Å². The first-order chi connectivity index (χ1) is 11.1. The van der Waals surface area contributed by atoms with E-state index < -0.39 is 10.0 Å². The van der Waals surface area contributed by atoms with Crippen LogP contribution in [0.5, 0.6) is 0 Å². The minimum atomic E-state index is -3.32. The highest BCUT2D eigenvalue weighted by Gasteiger charge is 2.09. The van der Waals surface area contributed by atoms with Crippen LogP contribution in [0, 0.1) is 20.8 Å². The number of anilines is 3. The smallest absolute Gasteiger partial charge is 0.308 e. The van der Waals surface area contributed by atoms with Crippen LogP contribution >= 0.6 is 0 Å². The van der Waals surface area contributed by atoms with Crippen molar-refractivity contribution < 1.29 is 13.2 Å². The first-order valence-electron chi connectivity index (χ1n) is 7.38. The zero-order valence-electron chi connectivity index (χ0n) is 14.1. The fourth-order valence-electron chi connectivity index (χ4n) is 2.49. The van der Waals surface area contributed by atoms with Crippen molar-refractivity contribution in [2.24, 2.45) is 0 Å². The third-order valence-corrected chi connectivity index (χ3v) is 3.97. The van der Waals surface area contributed by atoms with Crippen LogP contribution in [0.15, 0.2) is 36.4 Å². The van der Waals surface area contributed by atoms with Gasteiger partial charge in [0, 0.05) is 17.1 Å². The molecule has 0 saturated heterocycles. The van der Waals surface area contributed by atoms with Crippen LogP contribution in [-0.4, -0.2) is 20.7 Å². The van der Waals surface area contributed by atoms with Gasteiger partial charge in [-0.25, -0.2) is 13.2 Å². The molecule has 24 heavy (non-hydrogen) atoms. The maximum atomic E-state index is 12.2. The van der Waals surface area contributed by atoms with Gasteiger partial charge in [-0.15, -0.1) is 0 Å². The summed E-state index contributed by atoms with van der Waals surface area (Å²) in [6.07, 6.45) is 1.08. The first kappa shape index (κ1) is 17.8. The number of amides is 2. The quantitative estimate of drug-likeness (QED) is 0.789. The molecule has 2 rings (SSSR count). The molecule has 2 aromatic rings. The molecule has 6 nitrogen and oxygen atoms in total. The van der Waals surface area contributed by atoms with Gasteiger partial charge in [0.15, 0.2) is 0 Å². The molecule has 2 amide bonds. The second-order valence-corrected chi connectivity index (χ2v) is 7.55. The number of hydrogen-bond acceptors (Lipinski definition) is 3. The summed E-state index contributed by atoms with van der Waals surface area (Å²) < 4.78 is 24.7. The Hall–Kier alpha value is -2.54. The summed E-state index contributed by atoms with van der Waals surface area (Å²) in [4.78, 5) is 12.2. The van der Waals surface area contributed by atoms with Crippen molar-refractivity contribution in [2.75, 3.05) is 21.6 Å². The van der Waals surface area contributed by atoms with Crippen LogP contribution < -0.4 is 15.4 Å². The third kappa shape index (κ3) is 4.99. The molecule has 7 heteroatoms. The van der Waals surface area contributed by atoms with Crippen molar-refractivity contribution in [1.29, 1.82) is 0 Å². The Bertz CT molecular complexity index is 836. The molecule has 2 aromatic carbocycles. The summed E-state index contributed by atoms with van der Waals surface area (Å²) in [6, 6.07) is 10.1. The summed E-state index contributed by atoms with van der Waals surface area (Å²) in [5.41, 5.74) is 4.92. The maximum absolute atomic E-state index is 12.2. The number of hydrogen-bond donors (Lipinski definition) is 3. The Labute approximate surface area is 142 Å². The molecule has 0 heterocycles. The van der Waals surface area contributed by atoms with Crippen molar-refractivity contribution in [1.82, 2.24) is 0 Å². The fourth-order valence-corrected chi connectivity index (χ4v) is 3.05. The van der Waals surface area contributed by atoms with E-state index in [9.17, 15) is 13.2 Å². The Morgan fingerprint density at radius 1 is 0.875 bits per heavy atom. The summed E-state index contributed by atoms with van der Waals surface area (Å²) in [6.45, 7) is 5.90. The number of benzene rings is 2. The average molecular weight is 347 g/mol. The number of carbonyl (C=O) groups excluding carboxylic acids is 1. The van der Waals surface area contributed by atoms with Gasteiger partial charge in [0.1, 0.15) is 0 Å². The molecule has 0 aliphatic heterocycles. The number of nitrogens with one attached hydrogen (secondary N) is 3. The van der Waals surface area contributed by atoms with Crippen LogP contribution in [0.1, 0.15) is 16.7 Å². The number of aryl methyl sites for hydroxylation is 3. The number of urea groups is 1. The van der Waals surface area contributed by atoms with Gasteiger partial charge in [0.25, 0.3) is 0 Å². The van der Waals surface area contributed by atoms with Crippen molar-refractivity contribution in [3.63, 3.8) is 0 Å². The molecular weight excluding hydrogens is 326 g/mol. The molecule has 0 aliphatic carbocycles. The van der Waals surface area contributed by atoms with E-state index in [0.717, 1.165) is 28.6 Å². The summed E-state index contributed by atoms with van der Waals surface area (Å²) >= 11 is 0. The lowest BCUT2D eigenvalue weighted by molar-refractivity contribution is 0.262. The van der Waals surface area contributed by atoms with Gasteiger partial charge in [-0.05, 0) is 56.2 Å². The molecule has 0 saturated carbocycles. The molecule has 0 fully saturated rings. The first-order valence-corrected chi connectivity index (χ1v) is 9.27. The summed E-state index contributed by atoms with van der Waals surface area (Å²) in [5.74, 6) is 0. The SMILES string of the molecule is Cc1cc(C)c(NC(=O)Nc2ccc(NS(C)(=O)=O)cc2)c(C)c1. The van der Waals surface area contributed by atoms with Crippen molar-refractivity contribution >= 4 is 33.1 Å². The van der Waals surface area contributed by atoms with Crippen LogP contribution in [-0.2, 0) is 10.0 Å². The van der Waals surface area contributed by atoms with Gasteiger partial charge < -0.3 is 10.6 Å². The molecule has 0 aliphatic rings. The topological polar surface area (TPSA) is 87.3 Å². The highest BCUT2D eigenvalue weighted by molar-refractivity contribution is 7.92. The molecule has 0 unspecified atom stereocenters. The van der Waals surface area contributed by atoms with Gasteiger partial charge in [0.05, 0.1) is 6.26 Å². The number of carbonyl (C=O) groups is 1. The van der Waals surface area contributed by atoms with Crippen molar-refractivity contribution in [3.8, 4) is 0 Å². The lowest BCUT2D eigenvalue weighted by Crippen LogP contribution is -2.20. The summed E-state index contributed by atoms with van der Waals surface area (Å²) in [5, 5.41) is 5.57. The van der Waals surface area contributed by atoms with E-state index in [-0.39, 0.29) is 6.03 Å². The van der Waals surface area contributed by atoms with Gasteiger partial charge in [0.2, 0.25) is 10.0 Å². The number of sulfonamides is 1. The summed E-state index contributed by atoms with van der Waals surface area (Å²) in [7, 11) is -3.32. The predicted molar refractivity (Wildman–Crippen MR) is 98.2 cm³/mol. The maximum Gasteiger partial charge on any atom is 0.323 e. The third-order valence-electron chi connectivity index (χ3n) is 3.36. The minimum absolute atomic E-state index is 0.353. The van der Waals surface area contributed by atoms with E-state index in [1.807, 2.05) is 32.9 Å². The van der Waals surface area contributed by atoms with E-state index in [0.29, 0.717) is 11.4 Å². The lowest BCUT2D eigenvalue weighted by atomic mass is 10.1. The van der Waals surface area contributed by atoms with E-state index in [2.05, 4.69) is 15.4 Å². The molecule has 3 N–H and O–H groups in total. The van der Waals surface area contributed by atoms with Crippen LogP contribution in [0.4, 0.5) is 21.9 Å². The van der Waals surface area contributed by atoms with Gasteiger partial charge >= 0.3 is 6.03 Å². The van der Waals surface area contributed by atoms with E-state index >= 15 is 0 Å². The molecule has 0 bridgehead atoms. The van der Waals surface area contributed by atoms with Gasteiger partial charge in [-0.3, -0.25) is 4.72 Å². The monoisotopic (exact) mass is 347 g/mol. The number of rotatable bonds is 4. The van der Waals surface area contributed by atoms with Gasteiger partial charge in [-0.2, -0.15) is 0 Å². The molecule has 0 spiro atoms. The Balaban J connectivity index is 2.05. The largest absolute Gasteiger partial charge is 0.323 e. The predicted octanol–water partition coefficient (Wildman–Crippen LogP) is 3.63. The van der Waals surface area contributed by atoms with Crippen molar-refractivity contribution in [3.05, 3.63) is 53.1 Å². The Kier molecular flexibility index (Phi) is 5.14. The fraction of sp³-hybridized carbons (Fsp3) is 0.235. The molecular formula is C17H21N3O3S. The van der Waals surface area contributed by atoms with Crippen molar-refractivity contribution in [2.45, 2.75) is 20.8 Å². The molecule has 0 aromatic heterocycles. The Morgan fingerprint density at radius 3 is 1.88 bits per heavy atom. The molecule has 0 atom stereocenters. The molecule has 128 valence electrons. The average Bonchev–Trinajstić information content (AvgIpc) is 2.43. The standard InChI is InChI=1S/C17H21N3O3S/c1-11-9-12(2)16(13(3)10-11)19-17(21)18-14-5-7-15(8-6-14)20-24(4,22)23/h5-10,20H,1-4H3,(H2,18,19,21). The molecule has 0 radical (unpaired) electrons. The van der Waals surface area contributed by atoms with E-state index in [1.165, 1.54) is 0 Å². The van der Waals surface area contributed by atoms with Crippen LogP contribution in [0.2, 0.25) is 0 Å². The Morgan fingerprint density at radius 2 is 1.38 bits per heavy atom. The minimum Gasteiger partial charge on any atom is -0.308 e. The highest BCUT2D eigenvalue weighted by atomic mass is 32.2. The van der Waals surface area contributed by atoms with E-state index in [4.69, 9.17) is 0 Å². The highest BCUT2D eigenvalue weighted by Crippen LogP contribution is 2.22. The van der Waals surface area contributed by atoms with E-state index in [1.54, 1.807) is 24.3 Å². The zero-order valence-corrected chi connectivity index (χ0v) is 14.9. The normalized spacial score (nSPS) is 11.0. The lowest BCUT2D eigenvalue weighted by Gasteiger charge is -2.14. The van der Waals surface area contributed by atoms with Gasteiger partial charge in [-0.1, -0.05) is 17.7 Å². The zero-order chi connectivity index (χ0) is 17.9.